The lowest BCUT2D eigenvalue weighted by Gasteiger charge is -2.42. The van der Waals surface area contributed by atoms with Crippen LogP contribution in [0.1, 0.15) is 97.3 Å². The lowest BCUT2D eigenvalue weighted by Crippen LogP contribution is -2.31. The second-order valence-electron chi connectivity index (χ2n) is 10.1. The van der Waals surface area contributed by atoms with Crippen molar-refractivity contribution in [3.05, 3.63) is 0 Å². The molecule has 0 aromatic heterocycles. The second-order valence-corrected chi connectivity index (χ2v) is 10.1. The molecule has 6 unspecified atom stereocenters. The zero-order chi connectivity index (χ0) is 15.2. The largest absolute Gasteiger partial charge is 0.0620 e. The van der Waals surface area contributed by atoms with Gasteiger partial charge in [0.25, 0.3) is 0 Å². The molecule has 0 aromatic rings. The molecule has 0 N–H and O–H groups in total. The van der Waals surface area contributed by atoms with E-state index in [9.17, 15) is 0 Å². The van der Waals surface area contributed by atoms with Crippen LogP contribution in [0, 0.1) is 40.9 Å². The van der Waals surface area contributed by atoms with Crippen LogP contribution in [0.25, 0.3) is 0 Å². The van der Waals surface area contributed by atoms with Crippen LogP contribution in [0.4, 0.5) is 0 Å². The van der Waals surface area contributed by atoms with Crippen LogP contribution < -0.4 is 0 Å². The summed E-state index contributed by atoms with van der Waals surface area (Å²) >= 11 is 0. The number of fused-ring (bicyclic) bond motifs is 3. The monoisotopic (exact) mass is 302 g/mol. The van der Waals surface area contributed by atoms with Gasteiger partial charge in [-0.3, -0.25) is 0 Å². The standard InChI is InChI=1S/C22H38/c1-16-18-8-4-5-9-20(18)21-14-17(10-11-19(16)21)15-22(2)12-6-3-7-13-22/h16-21H,3-15H2,1-2H3. The third kappa shape index (κ3) is 2.78. The van der Waals surface area contributed by atoms with Crippen LogP contribution in [0.2, 0.25) is 0 Å². The first-order valence-electron chi connectivity index (χ1n) is 10.7. The highest BCUT2D eigenvalue weighted by molar-refractivity contribution is 5.00. The van der Waals surface area contributed by atoms with Gasteiger partial charge in [-0.05, 0) is 85.9 Å². The van der Waals surface area contributed by atoms with Crippen molar-refractivity contribution in [3.8, 4) is 0 Å². The molecule has 22 heavy (non-hydrogen) atoms. The third-order valence-corrected chi connectivity index (χ3v) is 8.68. The van der Waals surface area contributed by atoms with E-state index in [0.717, 1.165) is 35.5 Å². The molecule has 0 amide bonds. The molecule has 0 nitrogen and oxygen atoms in total. The smallest absolute Gasteiger partial charge is 0.0323 e. The average Bonchev–Trinajstić information content (AvgIpc) is 2.81. The minimum Gasteiger partial charge on any atom is -0.0620 e. The number of rotatable bonds is 2. The summed E-state index contributed by atoms with van der Waals surface area (Å²) in [6, 6.07) is 0. The predicted molar refractivity (Wildman–Crippen MR) is 94.7 cm³/mol. The molecule has 4 fully saturated rings. The highest BCUT2D eigenvalue weighted by Crippen LogP contribution is 2.59. The van der Waals surface area contributed by atoms with Gasteiger partial charge in [-0.2, -0.15) is 0 Å². The molecule has 4 rings (SSSR count). The second kappa shape index (κ2) is 6.14. The molecule has 4 aliphatic carbocycles. The maximum atomic E-state index is 2.62. The molecule has 6 atom stereocenters. The van der Waals surface area contributed by atoms with Gasteiger partial charge in [-0.15, -0.1) is 0 Å². The Morgan fingerprint density at radius 2 is 1.41 bits per heavy atom. The lowest BCUT2D eigenvalue weighted by atomic mass is 9.64. The zero-order valence-electron chi connectivity index (χ0n) is 15.2. The fraction of sp³-hybridized carbons (Fsp3) is 1.00. The molecular formula is C22H38. The Hall–Kier alpha value is 0. The fourth-order valence-corrected chi connectivity index (χ4v) is 7.65. The maximum absolute atomic E-state index is 2.62. The molecule has 0 bridgehead atoms. The van der Waals surface area contributed by atoms with Gasteiger partial charge < -0.3 is 0 Å². The van der Waals surface area contributed by atoms with Crippen molar-refractivity contribution in [1.29, 1.82) is 0 Å². The summed E-state index contributed by atoms with van der Waals surface area (Å²) in [4.78, 5) is 0. The molecule has 0 aromatic carbocycles. The summed E-state index contributed by atoms with van der Waals surface area (Å²) in [7, 11) is 0. The highest BCUT2D eigenvalue weighted by atomic mass is 14.6. The predicted octanol–water partition coefficient (Wildman–Crippen LogP) is 6.84. The van der Waals surface area contributed by atoms with E-state index in [0.29, 0.717) is 5.41 Å². The van der Waals surface area contributed by atoms with E-state index >= 15 is 0 Å². The van der Waals surface area contributed by atoms with Crippen LogP contribution >= 0.6 is 0 Å². The number of hydrogen-bond acceptors (Lipinski definition) is 0. The van der Waals surface area contributed by atoms with E-state index in [1.807, 2.05) is 0 Å². The van der Waals surface area contributed by atoms with Gasteiger partial charge in [0, 0.05) is 0 Å². The average molecular weight is 303 g/mol. The van der Waals surface area contributed by atoms with Crippen molar-refractivity contribution < 1.29 is 0 Å². The number of hydrogen-bond donors (Lipinski definition) is 0. The van der Waals surface area contributed by atoms with Gasteiger partial charge in [0.05, 0.1) is 0 Å². The summed E-state index contributed by atoms with van der Waals surface area (Å²) in [6.07, 6.45) is 20.2. The summed E-state index contributed by atoms with van der Waals surface area (Å²) in [5, 5.41) is 0. The molecular weight excluding hydrogens is 264 g/mol. The van der Waals surface area contributed by atoms with Crippen molar-refractivity contribution in [2.24, 2.45) is 40.9 Å². The minimum absolute atomic E-state index is 0.714. The molecule has 4 aliphatic rings. The topological polar surface area (TPSA) is 0 Å². The van der Waals surface area contributed by atoms with Crippen LogP contribution in [0.15, 0.2) is 0 Å². The Labute approximate surface area is 138 Å². The van der Waals surface area contributed by atoms with Gasteiger partial charge in [0.1, 0.15) is 0 Å². The van der Waals surface area contributed by atoms with E-state index in [1.165, 1.54) is 38.5 Å². The fourth-order valence-electron chi connectivity index (χ4n) is 7.65. The molecule has 0 radical (unpaired) electrons. The van der Waals surface area contributed by atoms with Gasteiger partial charge >= 0.3 is 0 Å². The molecule has 4 saturated carbocycles. The first-order valence-corrected chi connectivity index (χ1v) is 10.7. The minimum atomic E-state index is 0.714. The van der Waals surface area contributed by atoms with Crippen LogP contribution in [0.5, 0.6) is 0 Å². The Morgan fingerprint density at radius 1 is 0.727 bits per heavy atom. The maximum Gasteiger partial charge on any atom is -0.0323 e. The van der Waals surface area contributed by atoms with Gasteiger partial charge in [0.2, 0.25) is 0 Å². The van der Waals surface area contributed by atoms with E-state index in [2.05, 4.69) is 13.8 Å². The molecule has 0 heteroatoms. The summed E-state index contributed by atoms with van der Waals surface area (Å²) < 4.78 is 0. The summed E-state index contributed by atoms with van der Waals surface area (Å²) in [5.41, 5.74) is 0.714. The zero-order valence-corrected chi connectivity index (χ0v) is 15.2. The lowest BCUT2D eigenvalue weighted by molar-refractivity contribution is 0.0911. The van der Waals surface area contributed by atoms with Crippen molar-refractivity contribution in [2.45, 2.75) is 97.3 Å². The van der Waals surface area contributed by atoms with E-state index in [1.54, 1.807) is 44.9 Å². The van der Waals surface area contributed by atoms with E-state index in [-0.39, 0.29) is 0 Å². The van der Waals surface area contributed by atoms with Crippen molar-refractivity contribution in [1.82, 2.24) is 0 Å². The normalized spacial score (nSPS) is 47.7. The van der Waals surface area contributed by atoms with Crippen molar-refractivity contribution in [3.63, 3.8) is 0 Å². The Kier molecular flexibility index (Phi) is 4.33. The molecule has 0 heterocycles. The van der Waals surface area contributed by atoms with Gasteiger partial charge in [0.15, 0.2) is 0 Å². The summed E-state index contributed by atoms with van der Waals surface area (Å²) in [6.45, 7) is 5.25. The van der Waals surface area contributed by atoms with Crippen LogP contribution in [0.3, 0.4) is 0 Å². The molecule has 0 spiro atoms. The third-order valence-electron chi connectivity index (χ3n) is 8.68. The quantitative estimate of drug-likeness (QED) is 0.524. The Bertz CT molecular complexity index is 377. The van der Waals surface area contributed by atoms with E-state index < -0.39 is 0 Å². The Morgan fingerprint density at radius 3 is 2.18 bits per heavy atom. The Balaban J connectivity index is 1.42. The summed E-state index contributed by atoms with van der Waals surface area (Å²) in [5.74, 6) is 6.64. The van der Waals surface area contributed by atoms with E-state index in [4.69, 9.17) is 0 Å². The SMILES string of the molecule is CC1C2CCCCC2C2CC(CC3(C)CCCCC3)CCC12. The first-order chi connectivity index (χ1) is 10.7. The molecule has 0 saturated heterocycles. The van der Waals surface area contributed by atoms with Gasteiger partial charge in [-0.1, -0.05) is 52.4 Å². The molecule has 0 aliphatic heterocycles. The first kappa shape index (κ1) is 15.5. The van der Waals surface area contributed by atoms with Crippen LogP contribution in [-0.4, -0.2) is 0 Å². The van der Waals surface area contributed by atoms with Gasteiger partial charge in [-0.25, -0.2) is 0 Å². The van der Waals surface area contributed by atoms with Crippen molar-refractivity contribution in [2.75, 3.05) is 0 Å². The van der Waals surface area contributed by atoms with Crippen LogP contribution in [-0.2, 0) is 0 Å². The molecule has 126 valence electrons. The highest BCUT2D eigenvalue weighted by Gasteiger charge is 2.50. The van der Waals surface area contributed by atoms with Crippen molar-refractivity contribution >= 4 is 0 Å².